The predicted molar refractivity (Wildman–Crippen MR) is 129 cm³/mol. The summed E-state index contributed by atoms with van der Waals surface area (Å²) in [5.74, 6) is 0. The van der Waals surface area contributed by atoms with E-state index in [2.05, 4.69) is 4.72 Å². The molecule has 1 aliphatic carbocycles. The van der Waals surface area contributed by atoms with Gasteiger partial charge in [-0.3, -0.25) is 4.90 Å². The van der Waals surface area contributed by atoms with Crippen molar-refractivity contribution >= 4 is 21.8 Å². The molecule has 0 heterocycles. The van der Waals surface area contributed by atoms with Crippen LogP contribution in [0.2, 0.25) is 0 Å². The van der Waals surface area contributed by atoms with Gasteiger partial charge >= 0.3 is 6.09 Å². The van der Waals surface area contributed by atoms with Gasteiger partial charge < -0.3 is 5.11 Å². The zero-order valence-corrected chi connectivity index (χ0v) is 19.1. The number of nitrogens with one attached hydrogen (secondary N) is 1. The summed E-state index contributed by atoms with van der Waals surface area (Å²) < 4.78 is 28.5. The third-order valence-electron chi connectivity index (χ3n) is 6.05. The first-order valence-electron chi connectivity index (χ1n) is 11.2. The van der Waals surface area contributed by atoms with Crippen LogP contribution >= 0.6 is 0 Å². The lowest BCUT2D eigenvalue weighted by molar-refractivity contribution is 0.200. The van der Waals surface area contributed by atoms with Crippen LogP contribution in [0.15, 0.2) is 89.8 Å². The molecule has 0 bridgehead atoms. The standard InChI is InChI=1S/C26H28N2O4S/c29-26(30)28(25(20-10-4-1-5-11-20)21-12-6-2-7-13-21)23-16-18-24(19-17-23)33(31,32)27-22-14-8-3-9-15-22/h1-2,4-7,10-13,16-19,22,25,27H,3,8-9,14-15H2,(H,29,30). The molecule has 0 aliphatic heterocycles. The van der Waals surface area contributed by atoms with Crippen LogP contribution in [0.3, 0.4) is 0 Å². The highest BCUT2D eigenvalue weighted by Gasteiger charge is 2.29. The van der Waals surface area contributed by atoms with Gasteiger partial charge in [-0.15, -0.1) is 0 Å². The Kier molecular flexibility index (Phi) is 7.11. The lowest BCUT2D eigenvalue weighted by atomic mass is 9.96. The van der Waals surface area contributed by atoms with E-state index in [1.165, 1.54) is 17.0 Å². The lowest BCUT2D eigenvalue weighted by Gasteiger charge is -2.30. The number of carboxylic acid groups (broad SMARTS) is 1. The van der Waals surface area contributed by atoms with E-state index in [0.717, 1.165) is 43.2 Å². The van der Waals surface area contributed by atoms with Gasteiger partial charge in [0.2, 0.25) is 10.0 Å². The molecule has 33 heavy (non-hydrogen) atoms. The van der Waals surface area contributed by atoms with Crippen LogP contribution in [0.25, 0.3) is 0 Å². The van der Waals surface area contributed by atoms with Crippen molar-refractivity contribution in [1.82, 2.24) is 4.72 Å². The summed E-state index contributed by atoms with van der Waals surface area (Å²) in [4.78, 5) is 13.8. The lowest BCUT2D eigenvalue weighted by Crippen LogP contribution is -2.36. The number of nitrogens with zero attached hydrogens (tertiary/aromatic N) is 1. The molecule has 0 radical (unpaired) electrons. The average molecular weight is 465 g/mol. The maximum absolute atomic E-state index is 12.9. The van der Waals surface area contributed by atoms with E-state index in [0.29, 0.717) is 5.69 Å². The fraction of sp³-hybridized carbons (Fsp3) is 0.269. The molecule has 1 aliphatic rings. The topological polar surface area (TPSA) is 86.7 Å². The van der Waals surface area contributed by atoms with Crippen LogP contribution in [-0.4, -0.2) is 25.7 Å². The van der Waals surface area contributed by atoms with Crippen LogP contribution in [0.5, 0.6) is 0 Å². The van der Waals surface area contributed by atoms with Gasteiger partial charge in [-0.05, 0) is 48.2 Å². The number of amides is 1. The van der Waals surface area contributed by atoms with Crippen molar-refractivity contribution < 1.29 is 18.3 Å². The smallest absolute Gasteiger partial charge is 0.412 e. The van der Waals surface area contributed by atoms with Gasteiger partial charge in [-0.2, -0.15) is 0 Å². The summed E-state index contributed by atoms with van der Waals surface area (Å²) in [7, 11) is -3.66. The van der Waals surface area contributed by atoms with Gasteiger partial charge in [0.25, 0.3) is 0 Å². The second kappa shape index (κ2) is 10.2. The van der Waals surface area contributed by atoms with Crippen molar-refractivity contribution in [3.63, 3.8) is 0 Å². The van der Waals surface area contributed by atoms with E-state index in [4.69, 9.17) is 0 Å². The molecule has 0 saturated heterocycles. The Morgan fingerprint density at radius 3 is 1.82 bits per heavy atom. The fourth-order valence-electron chi connectivity index (χ4n) is 4.42. The third-order valence-corrected chi connectivity index (χ3v) is 7.58. The Bertz CT molecular complexity index is 1120. The zero-order chi connectivity index (χ0) is 23.3. The Morgan fingerprint density at radius 1 is 0.818 bits per heavy atom. The molecule has 4 rings (SSSR count). The molecule has 0 unspecified atom stereocenters. The molecule has 6 nitrogen and oxygen atoms in total. The Morgan fingerprint density at radius 2 is 1.33 bits per heavy atom. The van der Waals surface area contributed by atoms with Crippen molar-refractivity contribution in [2.24, 2.45) is 0 Å². The number of rotatable bonds is 7. The van der Waals surface area contributed by atoms with Crippen LogP contribution in [0, 0.1) is 0 Å². The van der Waals surface area contributed by atoms with E-state index in [1.807, 2.05) is 60.7 Å². The first-order chi connectivity index (χ1) is 16.0. The molecule has 0 atom stereocenters. The van der Waals surface area contributed by atoms with Gasteiger partial charge in [0, 0.05) is 11.7 Å². The second-order valence-electron chi connectivity index (χ2n) is 8.33. The van der Waals surface area contributed by atoms with E-state index < -0.39 is 22.2 Å². The molecule has 172 valence electrons. The molecule has 7 heteroatoms. The normalized spacial score (nSPS) is 14.8. The molecule has 0 spiro atoms. The Balaban J connectivity index is 1.66. The summed E-state index contributed by atoms with van der Waals surface area (Å²) in [6.45, 7) is 0. The number of hydrogen-bond acceptors (Lipinski definition) is 3. The molecule has 3 aromatic carbocycles. The first kappa shape index (κ1) is 23.0. The SMILES string of the molecule is O=C(O)N(c1ccc(S(=O)(=O)NC2CCCCC2)cc1)C(c1ccccc1)c1ccccc1. The Hall–Kier alpha value is -3.16. The summed E-state index contributed by atoms with van der Waals surface area (Å²) in [6.07, 6.45) is 3.77. The molecular weight excluding hydrogens is 436 g/mol. The van der Waals surface area contributed by atoms with E-state index >= 15 is 0 Å². The highest BCUT2D eigenvalue weighted by Crippen LogP contribution is 2.33. The van der Waals surface area contributed by atoms with Crippen LogP contribution in [0.1, 0.15) is 49.3 Å². The van der Waals surface area contributed by atoms with E-state index in [-0.39, 0.29) is 10.9 Å². The van der Waals surface area contributed by atoms with E-state index in [9.17, 15) is 18.3 Å². The number of hydrogen-bond donors (Lipinski definition) is 2. The number of carbonyl (C=O) groups is 1. The number of benzene rings is 3. The molecular formula is C26H28N2O4S. The summed E-state index contributed by atoms with van der Waals surface area (Å²) >= 11 is 0. The minimum Gasteiger partial charge on any atom is -0.465 e. The first-order valence-corrected chi connectivity index (χ1v) is 12.7. The number of sulfonamides is 1. The monoisotopic (exact) mass is 464 g/mol. The van der Waals surface area contributed by atoms with Crippen molar-refractivity contribution in [3.05, 3.63) is 96.1 Å². The summed E-state index contributed by atoms with van der Waals surface area (Å²) in [5, 5.41) is 10.2. The summed E-state index contributed by atoms with van der Waals surface area (Å²) in [6, 6.07) is 24.3. The second-order valence-corrected chi connectivity index (χ2v) is 10.0. The predicted octanol–water partition coefficient (Wildman–Crippen LogP) is 5.57. The highest BCUT2D eigenvalue weighted by molar-refractivity contribution is 7.89. The quantitative estimate of drug-likeness (QED) is 0.478. The number of anilines is 1. The van der Waals surface area contributed by atoms with Crippen molar-refractivity contribution in [2.75, 3.05) is 4.90 Å². The molecule has 1 amide bonds. The van der Waals surface area contributed by atoms with Crippen LogP contribution in [-0.2, 0) is 10.0 Å². The van der Waals surface area contributed by atoms with Gasteiger partial charge in [-0.1, -0.05) is 79.9 Å². The van der Waals surface area contributed by atoms with Crippen molar-refractivity contribution in [3.8, 4) is 0 Å². The zero-order valence-electron chi connectivity index (χ0n) is 18.3. The van der Waals surface area contributed by atoms with Crippen LogP contribution < -0.4 is 9.62 Å². The van der Waals surface area contributed by atoms with Gasteiger partial charge in [0.1, 0.15) is 0 Å². The van der Waals surface area contributed by atoms with Crippen molar-refractivity contribution in [2.45, 2.75) is 49.1 Å². The third kappa shape index (κ3) is 5.43. The van der Waals surface area contributed by atoms with E-state index in [1.54, 1.807) is 12.1 Å². The minimum absolute atomic E-state index is 0.0421. The van der Waals surface area contributed by atoms with Gasteiger partial charge in [-0.25, -0.2) is 17.9 Å². The Labute approximate surface area is 194 Å². The highest BCUT2D eigenvalue weighted by atomic mass is 32.2. The van der Waals surface area contributed by atoms with Gasteiger partial charge in [0.05, 0.1) is 10.9 Å². The molecule has 0 aromatic heterocycles. The maximum Gasteiger partial charge on any atom is 0.412 e. The molecule has 2 N–H and O–H groups in total. The molecule has 1 saturated carbocycles. The molecule has 3 aromatic rings. The average Bonchev–Trinajstić information content (AvgIpc) is 2.84. The summed E-state index contributed by atoms with van der Waals surface area (Å²) in [5.41, 5.74) is 2.04. The van der Waals surface area contributed by atoms with Crippen molar-refractivity contribution in [1.29, 1.82) is 0 Å². The van der Waals surface area contributed by atoms with Crippen LogP contribution in [0.4, 0.5) is 10.5 Å². The fourth-order valence-corrected chi connectivity index (χ4v) is 5.73. The largest absolute Gasteiger partial charge is 0.465 e. The molecule has 1 fully saturated rings. The maximum atomic E-state index is 12.9. The minimum atomic E-state index is -3.66. The van der Waals surface area contributed by atoms with Gasteiger partial charge in [0.15, 0.2) is 0 Å².